The van der Waals surface area contributed by atoms with Crippen molar-refractivity contribution >= 4 is 17.9 Å². The van der Waals surface area contributed by atoms with Gasteiger partial charge in [0.05, 0.1) is 0 Å². The maximum atomic E-state index is 12.8. The molecular weight excluding hydrogens is 817 g/mol. The van der Waals surface area contributed by atoms with Crippen molar-refractivity contribution in [1.82, 2.24) is 0 Å². The summed E-state index contributed by atoms with van der Waals surface area (Å²) < 4.78 is 16.8. The summed E-state index contributed by atoms with van der Waals surface area (Å²) in [6.45, 7) is 6.64. The van der Waals surface area contributed by atoms with Gasteiger partial charge in [0.2, 0.25) is 0 Å². The first-order valence-electron chi connectivity index (χ1n) is 29.3. The Labute approximate surface area is 411 Å². The van der Waals surface area contributed by atoms with Crippen molar-refractivity contribution in [1.29, 1.82) is 0 Å². The molecule has 6 heteroatoms. The van der Waals surface area contributed by atoms with Crippen LogP contribution >= 0.6 is 0 Å². The molecule has 0 aliphatic rings. The predicted octanol–water partition coefficient (Wildman–Crippen LogP) is 19.5. The summed E-state index contributed by atoms with van der Waals surface area (Å²) in [5, 5.41) is 0. The summed E-state index contributed by atoms with van der Waals surface area (Å²) in [4.78, 5) is 38.1. The summed E-state index contributed by atoms with van der Waals surface area (Å²) in [5.41, 5.74) is 0. The van der Waals surface area contributed by atoms with E-state index in [9.17, 15) is 14.4 Å². The van der Waals surface area contributed by atoms with Crippen molar-refractivity contribution in [2.75, 3.05) is 13.2 Å². The molecule has 0 aromatic rings. The fourth-order valence-corrected chi connectivity index (χ4v) is 8.79. The fourth-order valence-electron chi connectivity index (χ4n) is 8.79. The molecule has 0 bridgehead atoms. The van der Waals surface area contributed by atoms with Crippen LogP contribution in [0.2, 0.25) is 0 Å². The number of carbonyl (C=O) groups is 3. The third-order valence-corrected chi connectivity index (χ3v) is 13.2. The van der Waals surface area contributed by atoms with Gasteiger partial charge in [-0.15, -0.1) is 0 Å². The highest BCUT2D eigenvalue weighted by atomic mass is 16.6. The first kappa shape index (κ1) is 63.9. The Kier molecular flexibility index (Phi) is 53.7. The van der Waals surface area contributed by atoms with Crippen molar-refractivity contribution in [2.45, 2.75) is 329 Å². The second-order valence-corrected chi connectivity index (χ2v) is 19.9. The van der Waals surface area contributed by atoms with Crippen molar-refractivity contribution in [3.8, 4) is 0 Å². The number of esters is 3. The molecule has 0 aromatic carbocycles. The molecule has 0 aliphatic heterocycles. The third-order valence-electron chi connectivity index (χ3n) is 13.2. The summed E-state index contributed by atoms with van der Waals surface area (Å²) in [7, 11) is 0. The molecule has 0 N–H and O–H groups in total. The lowest BCUT2D eigenvalue weighted by Crippen LogP contribution is -2.30. The maximum Gasteiger partial charge on any atom is 0.306 e. The van der Waals surface area contributed by atoms with Crippen LogP contribution in [0.15, 0.2) is 24.3 Å². The quantitative estimate of drug-likeness (QED) is 0.0262. The van der Waals surface area contributed by atoms with Crippen LogP contribution in [0, 0.1) is 0 Å². The molecule has 0 saturated heterocycles. The van der Waals surface area contributed by atoms with Crippen molar-refractivity contribution in [3.05, 3.63) is 24.3 Å². The van der Waals surface area contributed by atoms with Crippen LogP contribution in [-0.2, 0) is 28.6 Å². The van der Waals surface area contributed by atoms with Gasteiger partial charge in [0.15, 0.2) is 6.10 Å². The topological polar surface area (TPSA) is 78.9 Å². The zero-order valence-electron chi connectivity index (χ0n) is 44.5. The van der Waals surface area contributed by atoms with E-state index in [1.807, 2.05) is 6.08 Å². The van der Waals surface area contributed by atoms with Crippen molar-refractivity contribution in [3.63, 3.8) is 0 Å². The molecule has 0 spiro atoms. The summed E-state index contributed by atoms with van der Waals surface area (Å²) in [5.74, 6) is -0.931. The SMILES string of the molecule is CCCCCCCC/C=C\C/C=C\CCC(=O)OCC(COC(=O)CCCCCCCCCCCCCCCCCCCC)OC(=O)CCCCCCCCCCCCCCCCCCC. The summed E-state index contributed by atoms with van der Waals surface area (Å²) in [6.07, 6.45) is 64.7. The van der Waals surface area contributed by atoms with E-state index in [0.29, 0.717) is 19.3 Å². The minimum atomic E-state index is -0.788. The van der Waals surface area contributed by atoms with Gasteiger partial charge in [0, 0.05) is 19.3 Å². The molecule has 388 valence electrons. The first-order valence-corrected chi connectivity index (χ1v) is 29.3. The molecule has 0 heterocycles. The monoisotopic (exact) mass is 929 g/mol. The molecule has 0 fully saturated rings. The molecule has 6 nitrogen and oxygen atoms in total. The van der Waals surface area contributed by atoms with E-state index in [0.717, 1.165) is 51.4 Å². The van der Waals surface area contributed by atoms with E-state index in [1.54, 1.807) is 0 Å². The van der Waals surface area contributed by atoms with Gasteiger partial charge in [-0.05, 0) is 38.5 Å². The Morgan fingerprint density at radius 1 is 0.303 bits per heavy atom. The van der Waals surface area contributed by atoms with E-state index in [1.165, 1.54) is 225 Å². The Morgan fingerprint density at radius 2 is 0.576 bits per heavy atom. The zero-order valence-corrected chi connectivity index (χ0v) is 44.5. The Balaban J connectivity index is 4.34. The Hall–Kier alpha value is -2.11. The fraction of sp³-hybridized carbons (Fsp3) is 0.883. The summed E-state index contributed by atoms with van der Waals surface area (Å²) in [6, 6.07) is 0. The van der Waals surface area contributed by atoms with Gasteiger partial charge in [-0.3, -0.25) is 14.4 Å². The van der Waals surface area contributed by atoms with Gasteiger partial charge < -0.3 is 14.2 Å². The molecule has 1 atom stereocenters. The lowest BCUT2D eigenvalue weighted by atomic mass is 10.0. The van der Waals surface area contributed by atoms with Gasteiger partial charge >= 0.3 is 17.9 Å². The minimum Gasteiger partial charge on any atom is -0.462 e. The normalized spacial score (nSPS) is 12.1. The van der Waals surface area contributed by atoms with Gasteiger partial charge in [-0.2, -0.15) is 0 Å². The van der Waals surface area contributed by atoms with Crippen LogP contribution in [0.1, 0.15) is 323 Å². The molecule has 0 rings (SSSR count). The maximum absolute atomic E-state index is 12.8. The van der Waals surface area contributed by atoms with Crippen LogP contribution in [0.5, 0.6) is 0 Å². The van der Waals surface area contributed by atoms with Crippen LogP contribution in [0.25, 0.3) is 0 Å². The molecule has 66 heavy (non-hydrogen) atoms. The highest BCUT2D eigenvalue weighted by Crippen LogP contribution is 2.17. The van der Waals surface area contributed by atoms with Gasteiger partial charge in [0.25, 0.3) is 0 Å². The van der Waals surface area contributed by atoms with E-state index < -0.39 is 6.10 Å². The minimum absolute atomic E-state index is 0.0824. The van der Waals surface area contributed by atoms with Crippen LogP contribution < -0.4 is 0 Å². The van der Waals surface area contributed by atoms with Crippen LogP contribution in [-0.4, -0.2) is 37.2 Å². The number of carbonyl (C=O) groups excluding carboxylic acids is 3. The third kappa shape index (κ3) is 52.9. The van der Waals surface area contributed by atoms with E-state index >= 15 is 0 Å². The Morgan fingerprint density at radius 3 is 0.924 bits per heavy atom. The van der Waals surface area contributed by atoms with Crippen molar-refractivity contribution < 1.29 is 28.6 Å². The first-order chi connectivity index (χ1) is 32.5. The summed E-state index contributed by atoms with van der Waals surface area (Å²) >= 11 is 0. The Bertz CT molecular complexity index is 1070. The number of allylic oxidation sites excluding steroid dienone is 4. The molecule has 1 unspecified atom stereocenters. The number of ether oxygens (including phenoxy) is 3. The largest absolute Gasteiger partial charge is 0.462 e. The molecule has 0 amide bonds. The molecule has 0 saturated carbocycles. The number of hydrogen-bond acceptors (Lipinski definition) is 6. The molecule has 0 radical (unpaired) electrons. The molecule has 0 aliphatic carbocycles. The highest BCUT2D eigenvalue weighted by Gasteiger charge is 2.19. The number of unbranched alkanes of at least 4 members (excludes halogenated alkanes) is 39. The average Bonchev–Trinajstić information content (AvgIpc) is 3.31. The lowest BCUT2D eigenvalue weighted by molar-refractivity contribution is -0.166. The highest BCUT2D eigenvalue weighted by molar-refractivity contribution is 5.71. The lowest BCUT2D eigenvalue weighted by Gasteiger charge is -2.18. The number of rotatable bonds is 54. The molecular formula is C60H112O6. The van der Waals surface area contributed by atoms with E-state index in [2.05, 4.69) is 39.0 Å². The second kappa shape index (κ2) is 55.5. The average molecular weight is 930 g/mol. The smallest absolute Gasteiger partial charge is 0.306 e. The standard InChI is InChI=1S/C60H112O6/c1-4-7-10-13-16-19-22-25-27-29-31-32-35-38-41-44-47-50-53-59(62)65-56-57(55-64-58(61)52-49-46-43-40-37-34-24-21-18-15-12-9-6-3)66-60(63)54-51-48-45-42-39-36-33-30-28-26-23-20-17-14-11-8-5-2/h34,37,43,46,57H,4-33,35-36,38-42,44-45,47-56H2,1-3H3/b37-34-,46-43-. The molecule has 0 aromatic heterocycles. The van der Waals surface area contributed by atoms with Crippen LogP contribution in [0.3, 0.4) is 0 Å². The predicted molar refractivity (Wildman–Crippen MR) is 284 cm³/mol. The van der Waals surface area contributed by atoms with Crippen molar-refractivity contribution in [2.24, 2.45) is 0 Å². The van der Waals surface area contributed by atoms with Gasteiger partial charge in [-0.1, -0.05) is 289 Å². The number of hydrogen-bond donors (Lipinski definition) is 0. The second-order valence-electron chi connectivity index (χ2n) is 19.9. The van der Waals surface area contributed by atoms with E-state index in [4.69, 9.17) is 14.2 Å². The van der Waals surface area contributed by atoms with E-state index in [-0.39, 0.29) is 37.5 Å². The van der Waals surface area contributed by atoms with Gasteiger partial charge in [0.1, 0.15) is 13.2 Å². The van der Waals surface area contributed by atoms with Gasteiger partial charge in [-0.25, -0.2) is 0 Å². The zero-order chi connectivity index (χ0) is 47.9. The van der Waals surface area contributed by atoms with Crippen LogP contribution in [0.4, 0.5) is 0 Å².